The number of fused-ring (bicyclic) bond motifs is 8. The van der Waals surface area contributed by atoms with Crippen LogP contribution in [-0.2, 0) is 29.7 Å². The first-order chi connectivity index (χ1) is 35.3. The van der Waals surface area contributed by atoms with Crippen LogP contribution < -0.4 is 20.3 Å². The highest BCUT2D eigenvalue weighted by atomic mass is 19.1. The van der Waals surface area contributed by atoms with Crippen LogP contribution in [-0.4, -0.2) is 127 Å². The number of nitrogens with one attached hydrogen (secondary N) is 2. The second-order valence-corrected chi connectivity index (χ2v) is 17.8. The molecule has 0 radical (unpaired) electrons. The topological polar surface area (TPSA) is 180 Å². The van der Waals surface area contributed by atoms with Crippen molar-refractivity contribution in [2.24, 2.45) is 18.9 Å². The van der Waals surface area contributed by atoms with Gasteiger partial charge in [-0.1, -0.05) is 13.0 Å². The number of anilines is 2. The Labute approximate surface area is 396 Å². The van der Waals surface area contributed by atoms with E-state index in [9.17, 15) is 24.0 Å². The fourth-order valence-corrected chi connectivity index (χ4v) is 9.50. The molecule has 0 spiro atoms. The van der Waals surface area contributed by atoms with Gasteiger partial charge in [0, 0.05) is 81.9 Å². The molecule has 5 aliphatic rings. The lowest BCUT2D eigenvalue weighted by atomic mass is 9.95. The Morgan fingerprint density at radius 2 is 1.67 bits per heavy atom. The molecule has 2 aromatic carbocycles. The number of hydrogen-bond donors (Lipinski definition) is 2. The summed E-state index contributed by atoms with van der Waals surface area (Å²) in [6.45, 7) is -8.35. The van der Waals surface area contributed by atoms with Gasteiger partial charge in [-0.05, 0) is 93.8 Å². The summed E-state index contributed by atoms with van der Waals surface area (Å²) in [6, 6.07) is 7.84. The first kappa shape index (κ1) is 35.6. The van der Waals surface area contributed by atoms with E-state index in [1.165, 1.54) is 0 Å². The summed E-state index contributed by atoms with van der Waals surface area (Å²) in [5.74, 6) is -7.94. The Morgan fingerprint density at radius 3 is 2.45 bits per heavy atom. The number of likely N-dealkylation sites (tertiary alicyclic amines) is 1. The van der Waals surface area contributed by atoms with Crippen LogP contribution in [0.4, 0.5) is 20.4 Å². The van der Waals surface area contributed by atoms with Gasteiger partial charge in [0.1, 0.15) is 11.9 Å². The van der Waals surface area contributed by atoms with Crippen molar-refractivity contribution in [3.8, 4) is 17.1 Å². The van der Waals surface area contributed by atoms with Crippen molar-refractivity contribution >= 4 is 52.2 Å². The third-order valence-corrected chi connectivity index (χ3v) is 13.0. The minimum Gasteiger partial charge on any atom is -0.477 e. The van der Waals surface area contributed by atoms with Gasteiger partial charge in [-0.3, -0.25) is 54.3 Å². The monoisotopic (exact) mass is 925 g/mol. The molecule has 5 amide bonds. The van der Waals surface area contributed by atoms with Crippen molar-refractivity contribution in [2.75, 3.05) is 62.4 Å². The number of piperidine rings is 2. The predicted octanol–water partition coefficient (Wildman–Crippen LogP) is 4.91. The SMILES string of the molecule is [2H]C1([2H])N(CC2CCN(Cc3ccc4nc5n(c4c3)C[C@H](C)CCCOc3c(cnn3C)-c3cc(cc(C)n3)C(=O)N5)CC2)C([2H])([2H])C([2H])([2H])N(c2cc(F)c3c(c2F)C(=O)N(C2CCC(=O)NC2=O)C3=O)C1([2H])[2H]. The number of halogens is 2. The fraction of sp³-hybridized carbons (Fsp3) is 0.458. The fourth-order valence-electron chi connectivity index (χ4n) is 9.50. The summed E-state index contributed by atoms with van der Waals surface area (Å²) in [5, 5.41) is 9.38. The van der Waals surface area contributed by atoms with Gasteiger partial charge in [0.05, 0.1) is 57.4 Å². The van der Waals surface area contributed by atoms with E-state index in [4.69, 9.17) is 20.7 Å². The number of rotatable bonds is 6. The number of piperazine rings is 1. The lowest BCUT2D eigenvalue weighted by molar-refractivity contribution is -0.136. The molecular formula is C48H53F2N11O6. The van der Waals surface area contributed by atoms with Crippen molar-refractivity contribution in [2.45, 2.75) is 71.5 Å². The third-order valence-electron chi connectivity index (χ3n) is 13.0. The molecule has 17 nitrogen and oxygen atoms in total. The van der Waals surface area contributed by atoms with Crippen molar-refractivity contribution in [1.82, 2.24) is 44.3 Å². The van der Waals surface area contributed by atoms with E-state index in [2.05, 4.69) is 27.2 Å². The number of carbonyl (C=O) groups excluding carboxylic acids is 5. The number of aromatic nitrogens is 5. The predicted molar refractivity (Wildman–Crippen MR) is 242 cm³/mol. The number of hydrogen-bond acceptors (Lipinski definition) is 12. The van der Waals surface area contributed by atoms with E-state index >= 15 is 8.78 Å². The number of aryl methyl sites for hydroxylation is 2. The van der Waals surface area contributed by atoms with Gasteiger partial charge >= 0.3 is 0 Å². The summed E-state index contributed by atoms with van der Waals surface area (Å²) in [6.07, 6.45) is 3.32. The van der Waals surface area contributed by atoms with Gasteiger partial charge in [0.25, 0.3) is 17.7 Å². The Balaban J connectivity index is 0.852. The van der Waals surface area contributed by atoms with Gasteiger partial charge in [0.15, 0.2) is 5.82 Å². The average molecular weight is 926 g/mol. The first-order valence-electron chi connectivity index (χ1n) is 26.3. The Bertz CT molecular complexity index is 3190. The normalized spacial score (nSPS) is 26.1. The smallest absolute Gasteiger partial charge is 0.265 e. The van der Waals surface area contributed by atoms with E-state index in [0.29, 0.717) is 90.4 Å². The van der Waals surface area contributed by atoms with Gasteiger partial charge in [0.2, 0.25) is 23.6 Å². The molecule has 3 fully saturated rings. The zero-order chi connectivity index (χ0) is 53.8. The van der Waals surface area contributed by atoms with Crippen LogP contribution in [0.5, 0.6) is 5.88 Å². The number of imide groups is 2. The molecule has 5 aromatic rings. The van der Waals surface area contributed by atoms with Crippen molar-refractivity contribution in [1.29, 1.82) is 0 Å². The molecule has 5 aliphatic heterocycles. The zero-order valence-electron chi connectivity index (χ0n) is 45.0. The first-order valence-corrected chi connectivity index (χ1v) is 22.3. The minimum absolute atomic E-state index is 0.150. The molecule has 0 saturated carbocycles. The van der Waals surface area contributed by atoms with Crippen molar-refractivity contribution < 1.29 is 48.5 Å². The van der Waals surface area contributed by atoms with Crippen LogP contribution >= 0.6 is 0 Å². The zero-order valence-corrected chi connectivity index (χ0v) is 37.0. The van der Waals surface area contributed by atoms with Crippen LogP contribution in [0, 0.1) is 30.4 Å². The quantitative estimate of drug-likeness (QED) is 0.220. The highest BCUT2D eigenvalue weighted by Gasteiger charge is 2.48. The van der Waals surface area contributed by atoms with E-state index in [-0.39, 0.29) is 40.5 Å². The van der Waals surface area contributed by atoms with Gasteiger partial charge < -0.3 is 14.2 Å². The molecule has 10 rings (SSSR count). The standard InChI is InChI=1S/C48H53F2N11O6/c1-27-5-4-18-67-47-32(23-51-56(47)3)35-21-31(19-28(2)52-35)43(63)55-48-53-34-7-6-30(20-37(34)60(48)24-27)26-57-12-10-29(11-13-57)25-58-14-16-59(17-15-58)38-22-33(49)40-41(42(38)50)46(66)61(45(40)65)36-8-9-39(62)54-44(36)64/h6-7,19-23,27,29,36H,4-5,8-18,24-26H2,1-3H3,(H,53,55,63)(H,54,62,64)/t27-,36?/m1/s1/i14D2,15D2,16D2,17D2. The molecule has 1 unspecified atom stereocenters. The molecule has 3 aromatic heterocycles. The van der Waals surface area contributed by atoms with Crippen molar-refractivity contribution in [3.05, 3.63) is 82.2 Å². The summed E-state index contributed by atoms with van der Waals surface area (Å²) < 4.78 is 115. The molecular weight excluding hydrogens is 865 g/mol. The maximum atomic E-state index is 16.7. The van der Waals surface area contributed by atoms with Crippen LogP contribution in [0.15, 0.2) is 42.6 Å². The summed E-state index contributed by atoms with van der Waals surface area (Å²) in [7, 11) is 1.79. The third kappa shape index (κ3) is 8.54. The van der Waals surface area contributed by atoms with E-state index in [1.54, 1.807) is 30.1 Å². The molecule has 2 bridgehead atoms. The molecule has 3 saturated heterocycles. The molecule has 67 heavy (non-hydrogen) atoms. The molecule has 350 valence electrons. The number of nitrogens with zero attached hydrogens (tertiary/aromatic N) is 9. The summed E-state index contributed by atoms with van der Waals surface area (Å²) in [5.41, 5.74) is 0.870. The summed E-state index contributed by atoms with van der Waals surface area (Å²) >= 11 is 0. The largest absolute Gasteiger partial charge is 0.477 e. The van der Waals surface area contributed by atoms with E-state index in [1.807, 2.05) is 35.0 Å². The molecule has 0 aliphatic carbocycles. The van der Waals surface area contributed by atoms with Gasteiger partial charge in [-0.2, -0.15) is 5.10 Å². The number of carbonyl (C=O) groups is 5. The minimum atomic E-state index is -3.65. The van der Waals surface area contributed by atoms with E-state index < -0.39 is 96.6 Å². The van der Waals surface area contributed by atoms with Crippen LogP contribution in [0.2, 0.25) is 0 Å². The molecule has 19 heteroatoms. The lowest BCUT2D eigenvalue weighted by Crippen LogP contribution is -2.54. The Hall–Kier alpha value is -6.60. The van der Waals surface area contributed by atoms with Crippen LogP contribution in [0.1, 0.15) is 98.7 Å². The Morgan fingerprint density at radius 1 is 0.896 bits per heavy atom. The molecule has 2 atom stereocenters. The second kappa shape index (κ2) is 17.9. The Kier molecular flexibility index (Phi) is 9.50. The number of benzene rings is 2. The molecule has 2 N–H and O–H groups in total. The maximum Gasteiger partial charge on any atom is 0.265 e. The van der Waals surface area contributed by atoms with Crippen molar-refractivity contribution in [3.63, 3.8) is 0 Å². The average Bonchev–Trinajstić information content (AvgIpc) is 3.96. The second-order valence-electron chi connectivity index (χ2n) is 17.8. The number of amides is 5. The summed E-state index contributed by atoms with van der Waals surface area (Å²) in [4.78, 5) is 77.5. The van der Waals surface area contributed by atoms with Crippen LogP contribution in [0.3, 0.4) is 0 Å². The van der Waals surface area contributed by atoms with Gasteiger partial charge in [-0.15, -0.1) is 0 Å². The maximum absolute atomic E-state index is 16.7. The number of ether oxygens (including phenoxy) is 1. The highest BCUT2D eigenvalue weighted by molar-refractivity contribution is 6.24. The highest BCUT2D eigenvalue weighted by Crippen LogP contribution is 2.37. The van der Waals surface area contributed by atoms with Crippen LogP contribution in [0.25, 0.3) is 22.3 Å². The lowest BCUT2D eigenvalue weighted by Gasteiger charge is -2.39. The van der Waals surface area contributed by atoms with Gasteiger partial charge in [-0.25, -0.2) is 18.4 Å². The number of imidazole rings is 1. The van der Waals surface area contributed by atoms with E-state index in [0.717, 1.165) is 23.9 Å². The number of pyridine rings is 1. The molecule has 8 heterocycles.